The summed E-state index contributed by atoms with van der Waals surface area (Å²) in [5, 5.41) is 12.2. The zero-order valence-corrected chi connectivity index (χ0v) is 10.9. The van der Waals surface area contributed by atoms with Crippen LogP contribution in [0.2, 0.25) is 0 Å². The van der Waals surface area contributed by atoms with Crippen LogP contribution in [0.1, 0.15) is 32.8 Å². The Kier molecular flexibility index (Phi) is 3.76. The third kappa shape index (κ3) is 3.24. The van der Waals surface area contributed by atoms with Crippen molar-refractivity contribution >= 4 is 21.6 Å². The first-order valence-electron chi connectivity index (χ1n) is 4.96. The molecule has 0 spiro atoms. The van der Waals surface area contributed by atoms with E-state index in [1.807, 2.05) is 18.2 Å². The highest BCUT2D eigenvalue weighted by molar-refractivity contribution is 9.10. The lowest BCUT2D eigenvalue weighted by Gasteiger charge is -2.26. The lowest BCUT2D eigenvalue weighted by atomic mass is 10.0. The fraction of sp³-hybridized carbons (Fsp3) is 0.417. The number of nitriles is 1. The zero-order chi connectivity index (χ0) is 11.5. The van der Waals surface area contributed by atoms with Gasteiger partial charge in [0.2, 0.25) is 0 Å². The molecule has 0 heterocycles. The molecule has 0 fully saturated rings. The standard InChI is InChI=1S/C12H15BrN2/c1-4-12(2,3)15-10-6-5-9(8-14)11(13)7-10/h5-7,15H,4H2,1-3H3. The summed E-state index contributed by atoms with van der Waals surface area (Å²) >= 11 is 3.37. The van der Waals surface area contributed by atoms with Gasteiger partial charge in [-0.25, -0.2) is 0 Å². The smallest absolute Gasteiger partial charge is 0.100 e. The average molecular weight is 267 g/mol. The number of benzene rings is 1. The van der Waals surface area contributed by atoms with Gasteiger partial charge in [0.05, 0.1) is 5.56 Å². The molecule has 1 N–H and O–H groups in total. The molecule has 0 unspecified atom stereocenters. The molecule has 80 valence electrons. The SMILES string of the molecule is CCC(C)(C)Nc1ccc(C#N)c(Br)c1. The summed E-state index contributed by atoms with van der Waals surface area (Å²) in [5.41, 5.74) is 1.77. The third-order valence-electron chi connectivity index (χ3n) is 2.46. The van der Waals surface area contributed by atoms with Crippen molar-refractivity contribution in [3.05, 3.63) is 28.2 Å². The summed E-state index contributed by atoms with van der Waals surface area (Å²) in [5.74, 6) is 0. The molecule has 0 atom stereocenters. The fourth-order valence-corrected chi connectivity index (χ4v) is 1.63. The summed E-state index contributed by atoms with van der Waals surface area (Å²) < 4.78 is 0.835. The first-order chi connectivity index (χ1) is 6.98. The van der Waals surface area contributed by atoms with Gasteiger partial charge in [0.25, 0.3) is 0 Å². The van der Waals surface area contributed by atoms with Crippen molar-refractivity contribution in [3.8, 4) is 6.07 Å². The van der Waals surface area contributed by atoms with Crippen LogP contribution in [0.5, 0.6) is 0 Å². The van der Waals surface area contributed by atoms with Crippen molar-refractivity contribution in [2.45, 2.75) is 32.7 Å². The maximum Gasteiger partial charge on any atom is 0.100 e. The summed E-state index contributed by atoms with van der Waals surface area (Å²) in [6.45, 7) is 6.45. The minimum absolute atomic E-state index is 0.0770. The predicted molar refractivity (Wildman–Crippen MR) is 66.8 cm³/mol. The van der Waals surface area contributed by atoms with Crippen LogP contribution in [0.25, 0.3) is 0 Å². The number of rotatable bonds is 3. The van der Waals surface area contributed by atoms with Crippen LogP contribution in [-0.4, -0.2) is 5.54 Å². The molecule has 0 aliphatic heterocycles. The van der Waals surface area contributed by atoms with Crippen LogP contribution in [0.3, 0.4) is 0 Å². The molecule has 0 aliphatic rings. The van der Waals surface area contributed by atoms with E-state index in [-0.39, 0.29) is 5.54 Å². The van der Waals surface area contributed by atoms with E-state index < -0.39 is 0 Å². The van der Waals surface area contributed by atoms with Crippen molar-refractivity contribution in [2.24, 2.45) is 0 Å². The molecule has 0 saturated heterocycles. The second-order valence-corrected chi connectivity index (χ2v) is 5.02. The van der Waals surface area contributed by atoms with Crippen LogP contribution in [-0.2, 0) is 0 Å². The highest BCUT2D eigenvalue weighted by Gasteiger charge is 2.14. The van der Waals surface area contributed by atoms with Gasteiger partial charge in [-0.2, -0.15) is 5.26 Å². The quantitative estimate of drug-likeness (QED) is 0.900. The summed E-state index contributed by atoms with van der Waals surface area (Å²) in [4.78, 5) is 0. The van der Waals surface area contributed by atoms with Gasteiger partial charge in [0, 0.05) is 15.7 Å². The van der Waals surface area contributed by atoms with E-state index in [9.17, 15) is 0 Å². The van der Waals surface area contributed by atoms with Crippen molar-refractivity contribution in [2.75, 3.05) is 5.32 Å². The summed E-state index contributed by atoms with van der Waals surface area (Å²) in [6.07, 6.45) is 1.05. The van der Waals surface area contributed by atoms with Crippen molar-refractivity contribution < 1.29 is 0 Å². The van der Waals surface area contributed by atoms with E-state index >= 15 is 0 Å². The molecule has 1 aromatic carbocycles. The zero-order valence-electron chi connectivity index (χ0n) is 9.26. The number of hydrogen-bond acceptors (Lipinski definition) is 2. The highest BCUT2D eigenvalue weighted by atomic mass is 79.9. The topological polar surface area (TPSA) is 35.8 Å². The summed E-state index contributed by atoms with van der Waals surface area (Å²) in [7, 11) is 0. The molecular formula is C12H15BrN2. The van der Waals surface area contributed by atoms with Gasteiger partial charge in [-0.1, -0.05) is 6.92 Å². The Morgan fingerprint density at radius 3 is 2.60 bits per heavy atom. The number of nitrogens with one attached hydrogen (secondary N) is 1. The Morgan fingerprint density at radius 1 is 1.47 bits per heavy atom. The van der Waals surface area contributed by atoms with Crippen molar-refractivity contribution in [3.63, 3.8) is 0 Å². The lowest BCUT2D eigenvalue weighted by molar-refractivity contribution is 0.547. The van der Waals surface area contributed by atoms with Gasteiger partial charge in [0.1, 0.15) is 6.07 Å². The van der Waals surface area contributed by atoms with Crippen LogP contribution in [0.4, 0.5) is 5.69 Å². The molecule has 0 bridgehead atoms. The van der Waals surface area contributed by atoms with Crippen molar-refractivity contribution in [1.29, 1.82) is 5.26 Å². The Morgan fingerprint density at radius 2 is 2.13 bits per heavy atom. The van der Waals surface area contributed by atoms with Gasteiger partial charge in [0.15, 0.2) is 0 Å². The van der Waals surface area contributed by atoms with Gasteiger partial charge >= 0.3 is 0 Å². The minimum atomic E-state index is 0.0770. The molecule has 0 aliphatic carbocycles. The predicted octanol–water partition coefficient (Wildman–Crippen LogP) is 3.92. The highest BCUT2D eigenvalue weighted by Crippen LogP contribution is 2.24. The second-order valence-electron chi connectivity index (χ2n) is 4.17. The monoisotopic (exact) mass is 266 g/mol. The lowest BCUT2D eigenvalue weighted by Crippen LogP contribution is -2.29. The van der Waals surface area contributed by atoms with Crippen LogP contribution in [0.15, 0.2) is 22.7 Å². The molecule has 0 amide bonds. The van der Waals surface area contributed by atoms with Crippen LogP contribution in [0, 0.1) is 11.3 Å². The molecule has 1 aromatic rings. The first-order valence-corrected chi connectivity index (χ1v) is 5.75. The Labute approximate surface area is 99.4 Å². The Hall–Kier alpha value is -1.01. The first kappa shape index (κ1) is 12.1. The van der Waals surface area contributed by atoms with E-state index in [0.717, 1.165) is 16.6 Å². The van der Waals surface area contributed by atoms with E-state index in [4.69, 9.17) is 5.26 Å². The molecule has 1 rings (SSSR count). The number of hydrogen-bond donors (Lipinski definition) is 1. The molecular weight excluding hydrogens is 252 g/mol. The Bertz CT molecular complexity index is 391. The van der Waals surface area contributed by atoms with Gasteiger partial charge in [-0.15, -0.1) is 0 Å². The summed E-state index contributed by atoms with van der Waals surface area (Å²) in [6, 6.07) is 7.81. The average Bonchev–Trinajstić information content (AvgIpc) is 2.17. The largest absolute Gasteiger partial charge is 0.380 e. The second kappa shape index (κ2) is 4.67. The molecule has 3 heteroatoms. The minimum Gasteiger partial charge on any atom is -0.380 e. The van der Waals surface area contributed by atoms with E-state index in [1.54, 1.807) is 0 Å². The van der Waals surface area contributed by atoms with Gasteiger partial charge < -0.3 is 5.32 Å². The molecule has 2 nitrogen and oxygen atoms in total. The third-order valence-corrected chi connectivity index (χ3v) is 3.11. The maximum absolute atomic E-state index is 8.79. The van der Waals surface area contributed by atoms with Gasteiger partial charge in [-0.3, -0.25) is 0 Å². The van der Waals surface area contributed by atoms with Crippen molar-refractivity contribution in [1.82, 2.24) is 0 Å². The number of nitrogens with zero attached hydrogens (tertiary/aromatic N) is 1. The van der Waals surface area contributed by atoms with E-state index in [0.29, 0.717) is 5.56 Å². The molecule has 0 saturated carbocycles. The number of anilines is 1. The molecule has 0 aromatic heterocycles. The molecule has 15 heavy (non-hydrogen) atoms. The van der Waals surface area contributed by atoms with Crippen LogP contribution < -0.4 is 5.32 Å². The molecule has 0 radical (unpaired) electrons. The Balaban J connectivity index is 2.90. The van der Waals surface area contributed by atoms with Gasteiger partial charge in [-0.05, 0) is 54.4 Å². The van der Waals surface area contributed by atoms with E-state index in [1.165, 1.54) is 0 Å². The number of halogens is 1. The maximum atomic E-state index is 8.79. The normalized spacial score (nSPS) is 10.9. The van der Waals surface area contributed by atoms with E-state index in [2.05, 4.69) is 48.1 Å². The fourth-order valence-electron chi connectivity index (χ4n) is 1.16. The van der Waals surface area contributed by atoms with Crippen LogP contribution >= 0.6 is 15.9 Å².